The molecule has 204 valence electrons. The number of nitrogens with one attached hydrogen (secondary N) is 3. The molecular formula is C23H36AtN3O9. The Balaban J connectivity index is 0. The Bertz CT molecular complexity index is 777. The molecule has 13 heteroatoms. The molecule has 0 aromatic heterocycles. The van der Waals surface area contributed by atoms with E-state index < -0.39 is 24.1 Å². The number of alkyl carbamates (subject to hydrolysis) is 1. The molecule has 1 atom stereocenters. The summed E-state index contributed by atoms with van der Waals surface area (Å²) >= 11 is 1.53. The molecule has 0 radical (unpaired) electrons. The van der Waals surface area contributed by atoms with Crippen LogP contribution in [0.3, 0.4) is 0 Å². The normalized spacial score (nSPS) is 10.1. The van der Waals surface area contributed by atoms with E-state index in [9.17, 15) is 24.0 Å². The zero-order valence-corrected chi connectivity index (χ0v) is 24.2. The van der Waals surface area contributed by atoms with Crippen LogP contribution in [0.4, 0.5) is 10.5 Å². The van der Waals surface area contributed by atoms with Gasteiger partial charge in [0.25, 0.3) is 0 Å². The summed E-state index contributed by atoms with van der Waals surface area (Å²) in [5.41, 5.74) is 2.38. The van der Waals surface area contributed by atoms with Crippen molar-refractivity contribution in [3.05, 3.63) is 29.8 Å². The van der Waals surface area contributed by atoms with Gasteiger partial charge in [-0.2, -0.15) is 0 Å². The third-order valence-corrected chi connectivity index (χ3v) is 4.85. The zero-order chi connectivity index (χ0) is 27.8. The van der Waals surface area contributed by atoms with Crippen LogP contribution in [0, 0.1) is 25.0 Å². The molecule has 0 saturated carbocycles. The number of carbonyl (C=O) groups excluding carboxylic acids is 5. The Morgan fingerprint density at radius 1 is 1.00 bits per heavy atom. The van der Waals surface area contributed by atoms with Crippen LogP contribution in [0.5, 0.6) is 0 Å². The minimum Gasteiger partial charge on any atom is -0.469 e. The summed E-state index contributed by atoms with van der Waals surface area (Å²) in [6, 6.07) is 8.27. The van der Waals surface area contributed by atoms with Crippen molar-refractivity contribution in [2.45, 2.75) is 38.7 Å². The Hall–Kier alpha value is -2.79. The van der Waals surface area contributed by atoms with Gasteiger partial charge in [-0.3, -0.25) is 4.79 Å². The largest absolute Gasteiger partial charge is 0.469 e. The number of esters is 2. The maximum atomic E-state index is 11.3. The van der Waals surface area contributed by atoms with Gasteiger partial charge in [0.1, 0.15) is 6.29 Å². The van der Waals surface area contributed by atoms with Gasteiger partial charge in [0.2, 0.25) is 6.10 Å². The second-order valence-electron chi connectivity index (χ2n) is 6.73. The molecule has 0 aliphatic heterocycles. The molecule has 1 rings (SSSR count). The average Bonchev–Trinajstić information content (AvgIpc) is 2.90. The predicted molar refractivity (Wildman–Crippen MR) is 128 cm³/mol. The van der Waals surface area contributed by atoms with E-state index in [1.165, 1.54) is 37.7 Å². The molecule has 1 aromatic rings. The van der Waals surface area contributed by atoms with Crippen molar-refractivity contribution >= 4 is 35.9 Å². The molecule has 0 aliphatic rings. The number of rotatable bonds is 12. The Labute approximate surface area is 227 Å². The first kappa shape index (κ1) is 35.4. The van der Waals surface area contributed by atoms with Crippen molar-refractivity contribution < 1.29 is 67.9 Å². The summed E-state index contributed by atoms with van der Waals surface area (Å²) in [6.07, 6.45) is -0.419. The first-order chi connectivity index (χ1) is 17.2. The topological polar surface area (TPSA) is 158 Å². The molecule has 0 bridgehead atoms. The second-order valence-corrected chi connectivity index (χ2v) is 7.47. The van der Waals surface area contributed by atoms with E-state index in [2.05, 4.69) is 52.4 Å². The smallest absolute Gasteiger partial charge is 0.408 e. The van der Waals surface area contributed by atoms with E-state index in [1.807, 2.05) is 6.92 Å². The third kappa shape index (κ3) is 19.5. The van der Waals surface area contributed by atoms with Gasteiger partial charge >= 0.3 is 124 Å². The summed E-state index contributed by atoms with van der Waals surface area (Å²) < 4.78 is 20.9. The van der Waals surface area contributed by atoms with Gasteiger partial charge in [-0.1, -0.05) is 0 Å². The van der Waals surface area contributed by atoms with Crippen LogP contribution < -0.4 is 13.9 Å². The fourth-order valence-corrected chi connectivity index (χ4v) is 2.70. The second kappa shape index (κ2) is 23.9. The summed E-state index contributed by atoms with van der Waals surface area (Å²) in [5, 5.41) is 4.95. The number of amides is 2. The van der Waals surface area contributed by atoms with Crippen LogP contribution in [0.2, 0.25) is 0 Å². The number of carbonyl (C=O) groups is 5. The number of aldehydes is 1. The van der Waals surface area contributed by atoms with E-state index in [1.54, 1.807) is 14.2 Å². The maximum Gasteiger partial charge on any atom is 0.408 e. The van der Waals surface area contributed by atoms with Gasteiger partial charge in [-0.15, -0.1) is 0 Å². The van der Waals surface area contributed by atoms with Crippen molar-refractivity contribution in [2.75, 3.05) is 44.8 Å². The summed E-state index contributed by atoms with van der Waals surface area (Å²) in [6.45, 7) is 2.34. The van der Waals surface area contributed by atoms with Gasteiger partial charge in [-0.05, 0) is 0 Å². The molecule has 0 aliphatic carbocycles. The van der Waals surface area contributed by atoms with Crippen molar-refractivity contribution in [3.8, 4) is 0 Å². The number of ether oxygens (including phenoxy) is 4. The van der Waals surface area contributed by atoms with E-state index in [0.717, 1.165) is 25.8 Å². The molecule has 0 spiro atoms. The molecule has 0 saturated heterocycles. The molecule has 3 N–H and O–H groups in total. The van der Waals surface area contributed by atoms with Gasteiger partial charge in [0.15, 0.2) is 0 Å². The van der Waals surface area contributed by atoms with Crippen LogP contribution in [0.1, 0.15) is 31.7 Å². The van der Waals surface area contributed by atoms with Gasteiger partial charge in [-0.25, -0.2) is 9.59 Å². The minimum absolute atomic E-state index is 0.0617. The van der Waals surface area contributed by atoms with Crippen LogP contribution in [0.25, 0.3) is 0 Å². The molecular weight excluding hydrogens is 672 g/mol. The molecule has 2 amide bonds. The Morgan fingerprint density at radius 3 is 2.08 bits per heavy atom. The third-order valence-electron chi connectivity index (χ3n) is 4.00. The molecule has 0 heterocycles. The summed E-state index contributed by atoms with van der Waals surface area (Å²) in [5.74, 6) is -1.22. The maximum absolute atomic E-state index is 11.3. The predicted octanol–water partition coefficient (Wildman–Crippen LogP) is 1.30. The summed E-state index contributed by atoms with van der Waals surface area (Å²) in [4.78, 5) is 54.3. The van der Waals surface area contributed by atoms with Crippen molar-refractivity contribution in [1.29, 1.82) is 0 Å². The monoisotopic (exact) mass is 708 g/mol. The number of methoxy groups -OCH3 is 3. The fraction of sp³-hybridized carbons (Fsp3) is 0.522. The minimum atomic E-state index is -1.22. The number of hydrogen-bond acceptors (Lipinski definition) is 10. The van der Waals surface area contributed by atoms with Crippen LogP contribution >= 0.6 is 0 Å². The van der Waals surface area contributed by atoms with Crippen molar-refractivity contribution in [2.24, 2.45) is 0 Å². The number of anilines is 1. The number of benzene rings is 1. The molecule has 1 unspecified atom stereocenters. The fourth-order valence-electron chi connectivity index (χ4n) is 2.21. The van der Waals surface area contributed by atoms with Gasteiger partial charge in [0, 0.05) is 27.1 Å². The Kier molecular flexibility index (Phi) is 23.5. The van der Waals surface area contributed by atoms with Gasteiger partial charge in [0.05, 0.1) is 20.8 Å². The first-order valence-electron chi connectivity index (χ1n) is 10.9. The van der Waals surface area contributed by atoms with Crippen LogP contribution in [0.15, 0.2) is 24.3 Å². The number of hydrogen-bond donors (Lipinski definition) is 3. The van der Waals surface area contributed by atoms with Crippen LogP contribution in [-0.4, -0.2) is 77.9 Å². The van der Waals surface area contributed by atoms with E-state index in [-0.39, 0.29) is 25.3 Å². The standard InChI is InChI=1S/C11H15AtN2O.C10H15NO7.C2H6O/c1-2-11(15)13-8-7-9-3-5-10(14-12)6-4-9;1-16-8(13)4-3-7(9(14)17-2)18-10(15)11-5-6-12;1-3-2/h3-6,14H,2,7-8H2,1H3,(H,13,15);6-7H,3-5H2,1-2H3,(H,11,15);1-2H3. The Morgan fingerprint density at radius 2 is 1.61 bits per heavy atom. The van der Waals surface area contributed by atoms with Crippen LogP contribution in [-0.2, 0) is 44.5 Å². The van der Waals surface area contributed by atoms with Crippen molar-refractivity contribution in [3.63, 3.8) is 0 Å². The first-order valence-corrected chi connectivity index (χ1v) is 12.3. The van der Waals surface area contributed by atoms with E-state index >= 15 is 0 Å². The van der Waals surface area contributed by atoms with Gasteiger partial charge < -0.3 is 29.1 Å². The summed E-state index contributed by atoms with van der Waals surface area (Å²) in [7, 11) is 5.58. The van der Waals surface area contributed by atoms with E-state index in [4.69, 9.17) is 4.74 Å². The molecule has 12 nitrogen and oxygen atoms in total. The SMILES string of the molecule is CCC(=O)NCCc1ccc(N[At])cc1.COC.COC(=O)CCC(OC(=O)NCC=O)C(=O)OC. The average molecular weight is 709 g/mol. The quantitative estimate of drug-likeness (QED) is 0.164. The van der Waals surface area contributed by atoms with Crippen molar-refractivity contribution in [1.82, 2.24) is 10.6 Å². The van der Waals surface area contributed by atoms with E-state index in [0.29, 0.717) is 12.7 Å². The molecule has 1 aromatic carbocycles. The zero-order valence-electron chi connectivity index (χ0n) is 21.3. The molecule has 36 heavy (non-hydrogen) atoms. The molecule has 0 fully saturated rings.